The minimum absolute atomic E-state index is 0.282. The predicted molar refractivity (Wildman–Crippen MR) is 54.9 cm³/mol. The normalized spacial score (nSPS) is 14.5. The molecule has 0 saturated heterocycles. The maximum atomic E-state index is 5.38. The van der Waals surface area contributed by atoms with Gasteiger partial charge in [-0.25, -0.2) is 0 Å². The van der Waals surface area contributed by atoms with Crippen LogP contribution < -0.4 is 11.3 Å². The van der Waals surface area contributed by atoms with Crippen LogP contribution in [-0.4, -0.2) is 19.3 Å². The molecular formula is C10H20N2O. The quantitative estimate of drug-likeness (QED) is 0.368. The SMILES string of the molecule is CC#CCC(CCC(C)OC)NN. The Morgan fingerprint density at radius 2 is 2.15 bits per heavy atom. The zero-order chi connectivity index (χ0) is 10.1. The first kappa shape index (κ1) is 12.4. The summed E-state index contributed by atoms with van der Waals surface area (Å²) in [6.45, 7) is 3.89. The molecule has 0 aliphatic heterocycles. The number of rotatable bonds is 6. The average molecular weight is 184 g/mol. The van der Waals surface area contributed by atoms with Crippen molar-refractivity contribution >= 4 is 0 Å². The Labute approximate surface area is 81.0 Å². The van der Waals surface area contributed by atoms with Crippen molar-refractivity contribution in [3.05, 3.63) is 0 Å². The summed E-state index contributed by atoms with van der Waals surface area (Å²) in [6, 6.07) is 0.282. The molecule has 13 heavy (non-hydrogen) atoms. The van der Waals surface area contributed by atoms with Crippen molar-refractivity contribution in [1.82, 2.24) is 5.43 Å². The second-order valence-electron chi connectivity index (χ2n) is 3.12. The lowest BCUT2D eigenvalue weighted by Crippen LogP contribution is -2.35. The van der Waals surface area contributed by atoms with Crippen LogP contribution in [-0.2, 0) is 4.74 Å². The predicted octanol–water partition coefficient (Wildman–Crippen LogP) is 1.05. The van der Waals surface area contributed by atoms with E-state index in [1.54, 1.807) is 7.11 Å². The highest BCUT2D eigenvalue weighted by atomic mass is 16.5. The van der Waals surface area contributed by atoms with Crippen LogP contribution in [0, 0.1) is 11.8 Å². The van der Waals surface area contributed by atoms with E-state index >= 15 is 0 Å². The van der Waals surface area contributed by atoms with Crippen LogP contribution in [0.5, 0.6) is 0 Å². The number of methoxy groups -OCH3 is 1. The highest BCUT2D eigenvalue weighted by Crippen LogP contribution is 2.05. The molecule has 3 N–H and O–H groups in total. The van der Waals surface area contributed by atoms with Crippen LogP contribution in [0.3, 0.4) is 0 Å². The second kappa shape index (κ2) is 8.06. The van der Waals surface area contributed by atoms with E-state index in [0.29, 0.717) is 6.10 Å². The van der Waals surface area contributed by atoms with Crippen LogP contribution in [0.25, 0.3) is 0 Å². The highest BCUT2D eigenvalue weighted by Gasteiger charge is 2.07. The topological polar surface area (TPSA) is 47.3 Å². The lowest BCUT2D eigenvalue weighted by molar-refractivity contribution is 0.106. The fourth-order valence-corrected chi connectivity index (χ4v) is 1.02. The van der Waals surface area contributed by atoms with Gasteiger partial charge in [0.25, 0.3) is 0 Å². The smallest absolute Gasteiger partial charge is 0.0543 e. The summed E-state index contributed by atoms with van der Waals surface area (Å²) >= 11 is 0. The third-order valence-corrected chi connectivity index (χ3v) is 2.08. The number of hydrogen-bond donors (Lipinski definition) is 2. The van der Waals surface area contributed by atoms with Gasteiger partial charge in [0.05, 0.1) is 6.10 Å². The molecule has 0 amide bonds. The van der Waals surface area contributed by atoms with Crippen molar-refractivity contribution in [3.8, 4) is 11.8 Å². The van der Waals surface area contributed by atoms with Gasteiger partial charge >= 0.3 is 0 Å². The summed E-state index contributed by atoms with van der Waals surface area (Å²) < 4.78 is 5.14. The van der Waals surface area contributed by atoms with E-state index < -0.39 is 0 Å². The number of nitrogens with one attached hydrogen (secondary N) is 1. The van der Waals surface area contributed by atoms with Crippen LogP contribution in [0.1, 0.15) is 33.1 Å². The fourth-order valence-electron chi connectivity index (χ4n) is 1.02. The molecule has 0 aromatic heterocycles. The monoisotopic (exact) mass is 184 g/mol. The molecule has 0 aliphatic rings. The van der Waals surface area contributed by atoms with Crippen LogP contribution >= 0.6 is 0 Å². The van der Waals surface area contributed by atoms with Crippen molar-refractivity contribution in [2.45, 2.75) is 45.3 Å². The van der Waals surface area contributed by atoms with E-state index in [0.717, 1.165) is 19.3 Å². The molecule has 3 nitrogen and oxygen atoms in total. The van der Waals surface area contributed by atoms with Crippen molar-refractivity contribution < 1.29 is 4.74 Å². The van der Waals surface area contributed by atoms with Gasteiger partial charge in [0.15, 0.2) is 0 Å². The van der Waals surface area contributed by atoms with E-state index in [4.69, 9.17) is 10.6 Å². The largest absolute Gasteiger partial charge is 0.382 e. The molecule has 0 spiro atoms. The molecule has 0 heterocycles. The summed E-state index contributed by atoms with van der Waals surface area (Å²) in [7, 11) is 1.72. The minimum atomic E-state index is 0.282. The Kier molecular flexibility index (Phi) is 7.71. The molecular weight excluding hydrogens is 164 g/mol. The summed E-state index contributed by atoms with van der Waals surface area (Å²) in [4.78, 5) is 0. The van der Waals surface area contributed by atoms with E-state index in [1.165, 1.54) is 0 Å². The first-order valence-corrected chi connectivity index (χ1v) is 4.63. The van der Waals surface area contributed by atoms with E-state index in [2.05, 4.69) is 24.2 Å². The maximum Gasteiger partial charge on any atom is 0.0543 e. The molecule has 2 atom stereocenters. The van der Waals surface area contributed by atoms with E-state index in [1.807, 2.05) is 6.92 Å². The summed E-state index contributed by atoms with van der Waals surface area (Å²) in [5, 5.41) is 0. The van der Waals surface area contributed by atoms with Crippen LogP contribution in [0.15, 0.2) is 0 Å². The Bertz CT molecular complexity index is 171. The zero-order valence-corrected chi connectivity index (χ0v) is 8.76. The Morgan fingerprint density at radius 1 is 1.46 bits per heavy atom. The Balaban J connectivity index is 3.62. The third-order valence-electron chi connectivity index (χ3n) is 2.08. The molecule has 0 aromatic rings. The molecule has 3 heteroatoms. The van der Waals surface area contributed by atoms with E-state index in [9.17, 15) is 0 Å². The average Bonchev–Trinajstić information content (AvgIpc) is 2.17. The third kappa shape index (κ3) is 6.59. The first-order valence-electron chi connectivity index (χ1n) is 4.63. The van der Waals surface area contributed by atoms with Gasteiger partial charge in [0, 0.05) is 19.6 Å². The van der Waals surface area contributed by atoms with Gasteiger partial charge in [0.1, 0.15) is 0 Å². The van der Waals surface area contributed by atoms with Gasteiger partial charge in [-0.1, -0.05) is 0 Å². The highest BCUT2D eigenvalue weighted by molar-refractivity contribution is 4.97. The van der Waals surface area contributed by atoms with Crippen molar-refractivity contribution in [1.29, 1.82) is 0 Å². The minimum Gasteiger partial charge on any atom is -0.382 e. The second-order valence-corrected chi connectivity index (χ2v) is 3.12. The van der Waals surface area contributed by atoms with Gasteiger partial charge < -0.3 is 4.74 Å². The van der Waals surface area contributed by atoms with Gasteiger partial charge in [-0.05, 0) is 26.7 Å². The molecule has 0 rings (SSSR count). The van der Waals surface area contributed by atoms with Gasteiger partial charge in [0.2, 0.25) is 0 Å². The van der Waals surface area contributed by atoms with Crippen LogP contribution in [0.4, 0.5) is 0 Å². The molecule has 0 saturated carbocycles. The number of ether oxygens (including phenoxy) is 1. The maximum absolute atomic E-state index is 5.38. The number of hydrazine groups is 1. The summed E-state index contributed by atoms with van der Waals surface area (Å²) in [5.41, 5.74) is 2.76. The fraction of sp³-hybridized carbons (Fsp3) is 0.800. The first-order chi connectivity index (χ1) is 6.24. The standard InChI is InChI=1S/C10H20N2O/c1-4-5-6-10(12-11)8-7-9(2)13-3/h9-10,12H,6-8,11H2,1-3H3. The molecule has 0 fully saturated rings. The molecule has 0 aromatic carbocycles. The molecule has 2 unspecified atom stereocenters. The van der Waals surface area contributed by atoms with Crippen molar-refractivity contribution in [3.63, 3.8) is 0 Å². The van der Waals surface area contributed by atoms with Gasteiger partial charge in [-0.2, -0.15) is 0 Å². The van der Waals surface area contributed by atoms with Crippen molar-refractivity contribution in [2.24, 2.45) is 5.84 Å². The zero-order valence-electron chi connectivity index (χ0n) is 8.76. The summed E-state index contributed by atoms with van der Waals surface area (Å²) in [5.74, 6) is 11.2. The molecule has 0 bridgehead atoms. The molecule has 0 radical (unpaired) electrons. The van der Waals surface area contributed by atoms with Crippen molar-refractivity contribution in [2.75, 3.05) is 7.11 Å². The Hall–Kier alpha value is -0.560. The lowest BCUT2D eigenvalue weighted by atomic mass is 10.1. The van der Waals surface area contributed by atoms with Gasteiger partial charge in [-0.15, -0.1) is 11.8 Å². The molecule has 76 valence electrons. The number of nitrogens with two attached hydrogens (primary N) is 1. The van der Waals surface area contributed by atoms with Gasteiger partial charge in [-0.3, -0.25) is 11.3 Å². The molecule has 0 aliphatic carbocycles. The van der Waals surface area contributed by atoms with Crippen LogP contribution in [0.2, 0.25) is 0 Å². The Morgan fingerprint density at radius 3 is 2.62 bits per heavy atom. The summed E-state index contributed by atoms with van der Waals surface area (Å²) in [6.07, 6.45) is 3.12. The number of hydrogen-bond acceptors (Lipinski definition) is 3. The lowest BCUT2D eigenvalue weighted by Gasteiger charge is -2.15. The van der Waals surface area contributed by atoms with E-state index in [-0.39, 0.29) is 6.04 Å².